The van der Waals surface area contributed by atoms with Gasteiger partial charge in [-0.1, -0.05) is 25.1 Å². The number of H-pyrrole nitrogens is 1. The number of aromatic amines is 1. The molecule has 1 saturated heterocycles. The van der Waals surface area contributed by atoms with Crippen LogP contribution in [0, 0.1) is 0 Å². The molecule has 2 aliphatic heterocycles. The summed E-state index contributed by atoms with van der Waals surface area (Å²) in [5.74, 6) is 0. The fourth-order valence-corrected chi connectivity index (χ4v) is 4.01. The van der Waals surface area contributed by atoms with E-state index in [0.29, 0.717) is 6.04 Å². The second kappa shape index (κ2) is 4.52. The zero-order chi connectivity index (χ0) is 14.6. The maximum Gasteiger partial charge on any atom is 0.320 e. The zero-order valence-corrected chi connectivity index (χ0v) is 12.6. The Morgan fingerprint density at radius 1 is 1.33 bits per heavy atom. The Labute approximate surface area is 124 Å². The number of amides is 2. The second-order valence-electron chi connectivity index (χ2n) is 6.23. The molecule has 110 valence electrons. The SMILES string of the molecule is CCCN1CC2Cc3c([nH]c4ccccc34)C(C)N2C1=O. The highest BCUT2D eigenvalue weighted by atomic mass is 16.2. The molecule has 2 unspecified atom stereocenters. The van der Waals surface area contributed by atoms with Crippen molar-refractivity contribution in [3.8, 4) is 0 Å². The molecule has 2 aromatic rings. The number of hydrogen-bond donors (Lipinski definition) is 1. The molecular weight excluding hydrogens is 262 g/mol. The molecule has 0 aliphatic carbocycles. The average Bonchev–Trinajstić information content (AvgIpc) is 3.00. The van der Waals surface area contributed by atoms with Crippen molar-refractivity contribution in [2.24, 2.45) is 0 Å². The number of nitrogens with zero attached hydrogens (tertiary/aromatic N) is 2. The third kappa shape index (κ3) is 1.71. The molecule has 0 spiro atoms. The van der Waals surface area contributed by atoms with E-state index < -0.39 is 0 Å². The molecule has 4 heteroatoms. The highest BCUT2D eigenvalue weighted by Gasteiger charge is 2.44. The molecule has 4 rings (SSSR count). The van der Waals surface area contributed by atoms with Crippen LogP contribution in [-0.2, 0) is 6.42 Å². The number of para-hydroxylation sites is 1. The van der Waals surface area contributed by atoms with E-state index in [-0.39, 0.29) is 12.1 Å². The summed E-state index contributed by atoms with van der Waals surface area (Å²) in [4.78, 5) is 20.2. The van der Waals surface area contributed by atoms with Gasteiger partial charge in [-0.15, -0.1) is 0 Å². The summed E-state index contributed by atoms with van der Waals surface area (Å²) in [5.41, 5.74) is 3.82. The van der Waals surface area contributed by atoms with E-state index in [1.54, 1.807) is 0 Å². The van der Waals surface area contributed by atoms with E-state index in [9.17, 15) is 4.79 Å². The number of aromatic nitrogens is 1. The van der Waals surface area contributed by atoms with Crippen LogP contribution in [0.5, 0.6) is 0 Å². The number of carbonyl (C=O) groups excluding carboxylic acids is 1. The van der Waals surface area contributed by atoms with Crippen LogP contribution in [0.1, 0.15) is 37.6 Å². The van der Waals surface area contributed by atoms with Gasteiger partial charge in [0.25, 0.3) is 0 Å². The Kier molecular flexibility index (Phi) is 2.74. The molecule has 1 aromatic heterocycles. The van der Waals surface area contributed by atoms with Crippen LogP contribution in [0.25, 0.3) is 10.9 Å². The lowest BCUT2D eigenvalue weighted by molar-refractivity contribution is 0.162. The normalized spacial score (nSPS) is 24.6. The lowest BCUT2D eigenvalue weighted by atomic mass is 9.93. The van der Waals surface area contributed by atoms with Crippen LogP contribution in [0.3, 0.4) is 0 Å². The maximum atomic E-state index is 12.6. The summed E-state index contributed by atoms with van der Waals surface area (Å²) < 4.78 is 0. The minimum atomic E-state index is 0.139. The highest BCUT2D eigenvalue weighted by molar-refractivity contribution is 5.86. The summed E-state index contributed by atoms with van der Waals surface area (Å²) in [6.07, 6.45) is 1.99. The van der Waals surface area contributed by atoms with Gasteiger partial charge in [0.2, 0.25) is 0 Å². The van der Waals surface area contributed by atoms with E-state index in [1.807, 2.05) is 4.90 Å². The molecular formula is C17H21N3O. The van der Waals surface area contributed by atoms with Crippen molar-refractivity contribution in [2.75, 3.05) is 13.1 Å². The molecule has 1 N–H and O–H groups in total. The number of rotatable bonds is 2. The minimum Gasteiger partial charge on any atom is -0.356 e. The average molecular weight is 283 g/mol. The Balaban J connectivity index is 1.77. The summed E-state index contributed by atoms with van der Waals surface area (Å²) in [6.45, 7) is 6.01. The van der Waals surface area contributed by atoms with Crippen LogP contribution in [-0.4, -0.2) is 39.9 Å². The largest absolute Gasteiger partial charge is 0.356 e. The molecule has 1 aromatic carbocycles. The smallest absolute Gasteiger partial charge is 0.320 e. The summed E-state index contributed by atoms with van der Waals surface area (Å²) >= 11 is 0. The van der Waals surface area contributed by atoms with Gasteiger partial charge in [-0.2, -0.15) is 0 Å². The number of benzene rings is 1. The Hall–Kier alpha value is -1.97. The quantitative estimate of drug-likeness (QED) is 0.902. The summed E-state index contributed by atoms with van der Waals surface area (Å²) in [7, 11) is 0. The van der Waals surface area contributed by atoms with Crippen molar-refractivity contribution in [1.29, 1.82) is 0 Å². The molecule has 2 amide bonds. The number of nitrogens with one attached hydrogen (secondary N) is 1. The van der Waals surface area contributed by atoms with Gasteiger partial charge in [0.05, 0.1) is 12.1 Å². The molecule has 0 saturated carbocycles. The van der Waals surface area contributed by atoms with E-state index in [0.717, 1.165) is 25.9 Å². The van der Waals surface area contributed by atoms with Gasteiger partial charge in [0.1, 0.15) is 0 Å². The van der Waals surface area contributed by atoms with E-state index >= 15 is 0 Å². The first-order valence-corrected chi connectivity index (χ1v) is 7.87. The van der Waals surface area contributed by atoms with Crippen LogP contribution < -0.4 is 0 Å². The fourth-order valence-electron chi connectivity index (χ4n) is 4.01. The Morgan fingerprint density at radius 2 is 2.14 bits per heavy atom. The van der Waals surface area contributed by atoms with Crippen molar-refractivity contribution in [3.63, 3.8) is 0 Å². The molecule has 4 nitrogen and oxygen atoms in total. The predicted molar refractivity (Wildman–Crippen MR) is 83.3 cm³/mol. The first kappa shape index (κ1) is 12.7. The topological polar surface area (TPSA) is 39.3 Å². The van der Waals surface area contributed by atoms with Crippen molar-refractivity contribution in [1.82, 2.24) is 14.8 Å². The fraction of sp³-hybridized carbons (Fsp3) is 0.471. The first-order valence-electron chi connectivity index (χ1n) is 7.87. The third-order valence-electron chi connectivity index (χ3n) is 4.93. The lowest BCUT2D eigenvalue weighted by Crippen LogP contribution is -2.41. The van der Waals surface area contributed by atoms with Gasteiger partial charge < -0.3 is 14.8 Å². The minimum absolute atomic E-state index is 0.139. The van der Waals surface area contributed by atoms with Crippen LogP contribution in [0.15, 0.2) is 24.3 Å². The molecule has 2 atom stereocenters. The van der Waals surface area contributed by atoms with E-state index in [2.05, 4.69) is 48.0 Å². The van der Waals surface area contributed by atoms with E-state index in [4.69, 9.17) is 0 Å². The van der Waals surface area contributed by atoms with Gasteiger partial charge in [0, 0.05) is 29.7 Å². The number of fused-ring (bicyclic) bond motifs is 4. The molecule has 3 heterocycles. The second-order valence-corrected chi connectivity index (χ2v) is 6.23. The van der Waals surface area contributed by atoms with Crippen molar-refractivity contribution >= 4 is 16.9 Å². The van der Waals surface area contributed by atoms with Gasteiger partial charge in [-0.25, -0.2) is 4.79 Å². The van der Waals surface area contributed by atoms with Crippen LogP contribution >= 0.6 is 0 Å². The van der Waals surface area contributed by atoms with Crippen LogP contribution in [0.2, 0.25) is 0 Å². The number of carbonyl (C=O) groups is 1. The standard InChI is InChI=1S/C17H21N3O/c1-3-8-19-10-12-9-14-13-6-4-5-7-15(13)18-16(14)11(2)20(12)17(19)21/h4-7,11-12,18H,3,8-10H2,1-2H3. The Bertz CT molecular complexity index is 705. The highest BCUT2D eigenvalue weighted by Crippen LogP contribution is 2.39. The monoisotopic (exact) mass is 283 g/mol. The maximum absolute atomic E-state index is 12.6. The van der Waals surface area contributed by atoms with Crippen molar-refractivity contribution < 1.29 is 4.79 Å². The lowest BCUT2D eigenvalue weighted by Gasteiger charge is -2.34. The van der Waals surface area contributed by atoms with Crippen LogP contribution in [0.4, 0.5) is 4.79 Å². The molecule has 2 aliphatic rings. The van der Waals surface area contributed by atoms with Gasteiger partial charge >= 0.3 is 6.03 Å². The Morgan fingerprint density at radius 3 is 2.95 bits per heavy atom. The summed E-state index contributed by atoms with van der Waals surface area (Å²) in [5, 5.41) is 1.32. The molecule has 0 radical (unpaired) electrons. The summed E-state index contributed by atoms with van der Waals surface area (Å²) in [6, 6.07) is 9.13. The van der Waals surface area contributed by atoms with Crippen molar-refractivity contribution in [2.45, 2.75) is 38.8 Å². The third-order valence-corrected chi connectivity index (χ3v) is 4.93. The molecule has 1 fully saturated rings. The molecule has 0 bridgehead atoms. The van der Waals surface area contributed by atoms with E-state index in [1.165, 1.54) is 22.2 Å². The number of urea groups is 1. The predicted octanol–water partition coefficient (Wildman–Crippen LogP) is 3.30. The van der Waals surface area contributed by atoms with Crippen molar-refractivity contribution in [3.05, 3.63) is 35.5 Å². The van der Waals surface area contributed by atoms with Gasteiger partial charge in [0.15, 0.2) is 0 Å². The zero-order valence-electron chi connectivity index (χ0n) is 12.6. The number of hydrogen-bond acceptors (Lipinski definition) is 1. The van der Waals surface area contributed by atoms with Gasteiger partial charge in [-0.05, 0) is 31.4 Å². The van der Waals surface area contributed by atoms with Gasteiger partial charge in [-0.3, -0.25) is 0 Å². The first-order chi connectivity index (χ1) is 10.2. The molecule has 21 heavy (non-hydrogen) atoms.